The molecule has 0 fully saturated rings. The average Bonchev–Trinajstić information content (AvgIpc) is 2.70. The van der Waals surface area contributed by atoms with Crippen molar-refractivity contribution in [3.8, 4) is 0 Å². The van der Waals surface area contributed by atoms with Gasteiger partial charge in [-0.1, -0.05) is 12.1 Å². The fraction of sp³-hybridized carbons (Fsp3) is 0.182. The molecule has 0 bridgehead atoms. The van der Waals surface area contributed by atoms with Gasteiger partial charge in [-0.3, -0.25) is 4.79 Å². The number of pyridine rings is 1. The Kier molecular flexibility index (Phi) is 6.22. The smallest absolute Gasteiger partial charge is 0.251 e. The highest BCUT2D eigenvalue weighted by atomic mass is 19.1. The van der Waals surface area contributed by atoms with E-state index in [1.54, 1.807) is 30.5 Å². The van der Waals surface area contributed by atoms with E-state index < -0.39 is 0 Å². The summed E-state index contributed by atoms with van der Waals surface area (Å²) in [7, 11) is 3.98. The second-order valence-corrected chi connectivity index (χ2v) is 6.63. The molecule has 2 N–H and O–H groups in total. The molecular weight excluding hydrogens is 355 g/mol. The van der Waals surface area contributed by atoms with Gasteiger partial charge in [-0.15, -0.1) is 0 Å². The Balaban J connectivity index is 1.57. The van der Waals surface area contributed by atoms with Crippen molar-refractivity contribution in [2.24, 2.45) is 0 Å². The highest BCUT2D eigenvalue weighted by Crippen LogP contribution is 2.19. The normalized spacial score (nSPS) is 10.4. The fourth-order valence-corrected chi connectivity index (χ4v) is 2.70. The summed E-state index contributed by atoms with van der Waals surface area (Å²) < 4.78 is 12.9. The second kappa shape index (κ2) is 8.99. The Morgan fingerprint density at radius 3 is 2.43 bits per heavy atom. The highest BCUT2D eigenvalue weighted by Gasteiger charge is 2.07. The predicted molar refractivity (Wildman–Crippen MR) is 111 cm³/mol. The molecule has 6 heteroatoms. The number of halogens is 1. The first-order chi connectivity index (χ1) is 13.5. The van der Waals surface area contributed by atoms with Crippen LogP contribution in [0.25, 0.3) is 0 Å². The maximum Gasteiger partial charge on any atom is 0.251 e. The van der Waals surface area contributed by atoms with Gasteiger partial charge >= 0.3 is 0 Å². The van der Waals surface area contributed by atoms with Crippen molar-refractivity contribution in [1.82, 2.24) is 10.3 Å². The number of nitrogens with zero attached hydrogens (tertiary/aromatic N) is 2. The lowest BCUT2D eigenvalue weighted by atomic mass is 10.1. The minimum atomic E-state index is -0.263. The Hall–Kier alpha value is -3.41. The number of anilines is 3. The molecule has 3 aromatic rings. The van der Waals surface area contributed by atoms with Gasteiger partial charge in [-0.2, -0.15) is 0 Å². The molecule has 28 heavy (non-hydrogen) atoms. The van der Waals surface area contributed by atoms with E-state index in [0.29, 0.717) is 24.3 Å². The maximum atomic E-state index is 12.9. The number of hydrogen-bond donors (Lipinski definition) is 2. The lowest BCUT2D eigenvalue weighted by Crippen LogP contribution is -2.25. The van der Waals surface area contributed by atoms with E-state index in [-0.39, 0.29) is 11.7 Å². The molecule has 144 valence electrons. The van der Waals surface area contributed by atoms with Gasteiger partial charge in [0.25, 0.3) is 5.91 Å². The van der Waals surface area contributed by atoms with Crippen LogP contribution in [-0.4, -0.2) is 31.5 Å². The van der Waals surface area contributed by atoms with Crippen LogP contribution in [-0.2, 0) is 6.42 Å². The molecule has 2 aromatic carbocycles. The van der Waals surface area contributed by atoms with E-state index in [9.17, 15) is 9.18 Å². The van der Waals surface area contributed by atoms with Crippen molar-refractivity contribution < 1.29 is 9.18 Å². The molecule has 0 saturated carbocycles. The third-order valence-corrected chi connectivity index (χ3v) is 4.29. The maximum absolute atomic E-state index is 12.9. The molecule has 0 aliphatic heterocycles. The number of amides is 1. The fourth-order valence-electron chi connectivity index (χ4n) is 2.70. The van der Waals surface area contributed by atoms with Crippen LogP contribution in [0.15, 0.2) is 66.9 Å². The van der Waals surface area contributed by atoms with Crippen LogP contribution < -0.4 is 15.5 Å². The van der Waals surface area contributed by atoms with E-state index in [1.807, 2.05) is 43.3 Å². The summed E-state index contributed by atoms with van der Waals surface area (Å²) in [5.74, 6) is 0.167. The lowest BCUT2D eigenvalue weighted by molar-refractivity contribution is 0.0954. The summed E-state index contributed by atoms with van der Waals surface area (Å²) >= 11 is 0. The van der Waals surface area contributed by atoms with Crippen LogP contribution in [0, 0.1) is 5.82 Å². The Morgan fingerprint density at radius 2 is 1.75 bits per heavy atom. The first-order valence-corrected chi connectivity index (χ1v) is 9.04. The van der Waals surface area contributed by atoms with E-state index in [0.717, 1.165) is 16.9 Å². The molecule has 0 saturated heterocycles. The van der Waals surface area contributed by atoms with Crippen molar-refractivity contribution in [2.75, 3.05) is 30.9 Å². The van der Waals surface area contributed by atoms with Gasteiger partial charge in [0.1, 0.15) is 11.6 Å². The second-order valence-electron chi connectivity index (χ2n) is 6.63. The van der Waals surface area contributed by atoms with Gasteiger partial charge < -0.3 is 15.5 Å². The van der Waals surface area contributed by atoms with Gasteiger partial charge in [0, 0.05) is 43.8 Å². The first-order valence-electron chi connectivity index (χ1n) is 9.04. The quantitative estimate of drug-likeness (QED) is 0.652. The largest absolute Gasteiger partial charge is 0.378 e. The monoisotopic (exact) mass is 378 g/mol. The average molecular weight is 378 g/mol. The van der Waals surface area contributed by atoms with Crippen molar-refractivity contribution >= 4 is 23.1 Å². The number of rotatable bonds is 7. The van der Waals surface area contributed by atoms with Crippen LogP contribution in [0.4, 0.5) is 21.6 Å². The van der Waals surface area contributed by atoms with E-state index in [1.165, 1.54) is 12.1 Å². The number of carbonyl (C=O) groups is 1. The first kappa shape index (κ1) is 19.4. The van der Waals surface area contributed by atoms with Gasteiger partial charge in [0.05, 0.1) is 0 Å². The molecule has 0 spiro atoms. The zero-order valence-electron chi connectivity index (χ0n) is 15.9. The summed E-state index contributed by atoms with van der Waals surface area (Å²) in [5, 5.41) is 6.09. The summed E-state index contributed by atoms with van der Waals surface area (Å²) in [4.78, 5) is 18.7. The molecule has 0 unspecified atom stereocenters. The Morgan fingerprint density at radius 1 is 1.04 bits per heavy atom. The summed E-state index contributed by atoms with van der Waals surface area (Å²) in [6.45, 7) is 0.474. The van der Waals surface area contributed by atoms with Gasteiger partial charge in [0.15, 0.2) is 0 Å². The zero-order valence-corrected chi connectivity index (χ0v) is 15.9. The standard InChI is InChI=1S/C22H23FN4O/c1-27(2)20-9-7-19(8-10-20)26-21-15-17(12-14-24-21)22(28)25-13-11-16-3-5-18(23)6-4-16/h3-10,12,14-15H,11,13H2,1-2H3,(H,24,26)(H,25,28). The predicted octanol–water partition coefficient (Wildman–Crippen LogP) is 4.00. The number of nitrogens with one attached hydrogen (secondary N) is 2. The van der Waals surface area contributed by atoms with Crippen LogP contribution >= 0.6 is 0 Å². The number of aromatic nitrogens is 1. The molecule has 1 amide bonds. The molecule has 0 radical (unpaired) electrons. The molecular formula is C22H23FN4O. The van der Waals surface area contributed by atoms with E-state index in [2.05, 4.69) is 15.6 Å². The van der Waals surface area contributed by atoms with E-state index in [4.69, 9.17) is 0 Å². The van der Waals surface area contributed by atoms with E-state index >= 15 is 0 Å². The summed E-state index contributed by atoms with van der Waals surface area (Å²) in [6, 6.07) is 17.6. The third kappa shape index (κ3) is 5.30. The molecule has 0 atom stereocenters. The molecule has 0 aliphatic carbocycles. The van der Waals surface area contributed by atoms with Crippen molar-refractivity contribution in [3.63, 3.8) is 0 Å². The zero-order chi connectivity index (χ0) is 19.9. The number of carbonyl (C=O) groups excluding carboxylic acids is 1. The molecule has 5 nitrogen and oxygen atoms in total. The molecule has 1 heterocycles. The Labute approximate surface area is 164 Å². The molecule has 0 aliphatic rings. The highest BCUT2D eigenvalue weighted by molar-refractivity contribution is 5.94. The van der Waals surface area contributed by atoms with Crippen LogP contribution in [0.2, 0.25) is 0 Å². The van der Waals surface area contributed by atoms with Gasteiger partial charge in [0.2, 0.25) is 0 Å². The Bertz CT molecular complexity index is 924. The summed E-state index contributed by atoms with van der Waals surface area (Å²) in [6.07, 6.45) is 2.24. The SMILES string of the molecule is CN(C)c1ccc(Nc2cc(C(=O)NCCc3ccc(F)cc3)ccn2)cc1. The van der Waals surface area contributed by atoms with Crippen molar-refractivity contribution in [3.05, 3.63) is 83.8 Å². The van der Waals surface area contributed by atoms with Crippen molar-refractivity contribution in [2.45, 2.75) is 6.42 Å². The molecule has 3 rings (SSSR count). The van der Waals surface area contributed by atoms with Crippen LogP contribution in [0.3, 0.4) is 0 Å². The minimum Gasteiger partial charge on any atom is -0.378 e. The van der Waals surface area contributed by atoms with Gasteiger partial charge in [-0.05, 0) is 60.5 Å². The number of hydrogen-bond acceptors (Lipinski definition) is 4. The van der Waals surface area contributed by atoms with Crippen LogP contribution in [0.5, 0.6) is 0 Å². The third-order valence-electron chi connectivity index (χ3n) is 4.29. The number of benzene rings is 2. The molecule has 1 aromatic heterocycles. The van der Waals surface area contributed by atoms with Crippen molar-refractivity contribution in [1.29, 1.82) is 0 Å². The van der Waals surface area contributed by atoms with Gasteiger partial charge in [-0.25, -0.2) is 9.37 Å². The van der Waals surface area contributed by atoms with Crippen LogP contribution in [0.1, 0.15) is 15.9 Å². The summed E-state index contributed by atoms with van der Waals surface area (Å²) in [5.41, 5.74) is 3.50. The minimum absolute atomic E-state index is 0.171. The topological polar surface area (TPSA) is 57.3 Å². The lowest BCUT2D eigenvalue weighted by Gasteiger charge is -2.13.